The van der Waals surface area contributed by atoms with Crippen molar-refractivity contribution in [2.75, 3.05) is 13.2 Å². The summed E-state index contributed by atoms with van der Waals surface area (Å²) in [5.74, 6) is 0. The second kappa shape index (κ2) is 20.8. The van der Waals surface area contributed by atoms with Crippen molar-refractivity contribution in [2.45, 2.75) is 128 Å². The van der Waals surface area contributed by atoms with Crippen LogP contribution in [0, 0.1) is 0 Å². The number of allylic oxidation sites excluding steroid dienone is 1. The average molecular weight is 417 g/mol. The van der Waals surface area contributed by atoms with Crippen LogP contribution in [-0.2, 0) is 4.74 Å². The second-order valence-corrected chi connectivity index (χ2v) is 8.23. The second-order valence-electron chi connectivity index (χ2n) is 8.23. The van der Waals surface area contributed by atoms with Gasteiger partial charge in [-0.3, -0.25) is 0 Å². The van der Waals surface area contributed by atoms with Crippen LogP contribution in [-0.4, -0.2) is 58.1 Å². The monoisotopic (exact) mass is 416 g/mol. The van der Waals surface area contributed by atoms with Crippen LogP contribution in [0.2, 0.25) is 0 Å². The van der Waals surface area contributed by atoms with Gasteiger partial charge in [-0.2, -0.15) is 0 Å². The van der Waals surface area contributed by atoms with Gasteiger partial charge in [-0.15, -0.1) is 0 Å². The van der Waals surface area contributed by atoms with Crippen LogP contribution in [0.5, 0.6) is 0 Å². The first-order valence-electron chi connectivity index (χ1n) is 12.0. The van der Waals surface area contributed by atoms with Crippen molar-refractivity contribution < 1.29 is 25.2 Å². The van der Waals surface area contributed by atoms with Gasteiger partial charge in [-0.25, -0.2) is 0 Å². The molecule has 5 nitrogen and oxygen atoms in total. The molecule has 0 aromatic heterocycles. The van der Waals surface area contributed by atoms with Crippen molar-refractivity contribution in [1.29, 1.82) is 0 Å². The molecular weight excluding hydrogens is 368 g/mol. The fourth-order valence-electron chi connectivity index (χ4n) is 3.39. The lowest BCUT2D eigenvalue weighted by atomic mass is 9.99. The number of rotatable bonds is 21. The van der Waals surface area contributed by atoms with E-state index in [1.165, 1.54) is 32.1 Å². The molecule has 0 fully saturated rings. The summed E-state index contributed by atoms with van der Waals surface area (Å²) in [6.45, 7) is 4.68. The van der Waals surface area contributed by atoms with E-state index in [-0.39, 0.29) is 25.6 Å². The molecule has 0 amide bonds. The average Bonchev–Trinajstić information content (AvgIpc) is 2.69. The molecule has 174 valence electrons. The highest BCUT2D eigenvalue weighted by atomic mass is 16.5. The predicted octanol–water partition coefficient (Wildman–Crippen LogP) is 4.50. The van der Waals surface area contributed by atoms with Crippen molar-refractivity contribution in [3.05, 3.63) is 12.2 Å². The van der Waals surface area contributed by atoms with Crippen molar-refractivity contribution in [2.24, 2.45) is 0 Å². The third-order valence-electron chi connectivity index (χ3n) is 5.33. The Kier molecular flexibility index (Phi) is 20.5. The summed E-state index contributed by atoms with van der Waals surface area (Å²) in [5.41, 5.74) is 0. The predicted molar refractivity (Wildman–Crippen MR) is 120 cm³/mol. The molecule has 0 aromatic rings. The van der Waals surface area contributed by atoms with E-state index in [1.807, 2.05) is 0 Å². The van der Waals surface area contributed by atoms with E-state index in [4.69, 9.17) is 9.84 Å². The van der Waals surface area contributed by atoms with E-state index >= 15 is 0 Å². The highest BCUT2D eigenvalue weighted by molar-refractivity contribution is 4.84. The summed E-state index contributed by atoms with van der Waals surface area (Å²) in [5, 5.41) is 39.4. The van der Waals surface area contributed by atoms with Crippen molar-refractivity contribution in [3.8, 4) is 0 Å². The number of ether oxygens (including phenoxy) is 1. The smallest absolute Gasteiger partial charge is 0.0834 e. The maximum absolute atomic E-state index is 10.4. The van der Waals surface area contributed by atoms with E-state index in [2.05, 4.69) is 26.0 Å². The van der Waals surface area contributed by atoms with E-state index < -0.39 is 18.3 Å². The van der Waals surface area contributed by atoms with Gasteiger partial charge in [0, 0.05) is 19.6 Å². The largest absolute Gasteiger partial charge is 0.396 e. The zero-order valence-electron chi connectivity index (χ0n) is 19.0. The molecule has 0 aliphatic carbocycles. The van der Waals surface area contributed by atoms with Gasteiger partial charge in [0.25, 0.3) is 0 Å². The van der Waals surface area contributed by atoms with Crippen LogP contribution < -0.4 is 0 Å². The van der Waals surface area contributed by atoms with Crippen LogP contribution in [0.3, 0.4) is 0 Å². The third-order valence-corrected chi connectivity index (χ3v) is 5.33. The topological polar surface area (TPSA) is 90.2 Å². The maximum Gasteiger partial charge on any atom is 0.0834 e. The zero-order valence-corrected chi connectivity index (χ0v) is 19.0. The Labute approximate surface area is 179 Å². The van der Waals surface area contributed by atoms with Crippen LogP contribution in [0.1, 0.15) is 104 Å². The molecule has 0 saturated carbocycles. The van der Waals surface area contributed by atoms with Crippen LogP contribution >= 0.6 is 0 Å². The normalized spacial score (nSPS) is 16.2. The SMILES string of the molecule is CCCCCC/C=C\CC(O)CCOC(CCCCCC)C(O)CC(O)CCO. The molecule has 0 aliphatic heterocycles. The molecule has 0 heterocycles. The molecule has 4 atom stereocenters. The fraction of sp³-hybridized carbons (Fsp3) is 0.917. The molecule has 4 N–H and O–H groups in total. The Morgan fingerprint density at radius 1 is 0.759 bits per heavy atom. The molecule has 0 aliphatic rings. The molecule has 0 rings (SSSR count). The van der Waals surface area contributed by atoms with Crippen molar-refractivity contribution in [1.82, 2.24) is 0 Å². The standard InChI is InChI=1S/C24H48O5/c1-3-5-7-9-10-11-12-14-21(26)17-19-29-24(15-13-8-6-4-2)23(28)20-22(27)16-18-25/h11-12,21-28H,3-10,13-20H2,1-2H3/b12-11-. The van der Waals surface area contributed by atoms with Gasteiger partial charge < -0.3 is 25.2 Å². The molecule has 29 heavy (non-hydrogen) atoms. The first-order chi connectivity index (χ1) is 14.0. The molecule has 4 unspecified atom stereocenters. The molecule has 5 heteroatoms. The maximum atomic E-state index is 10.4. The number of aliphatic hydroxyl groups excluding tert-OH is 4. The lowest BCUT2D eigenvalue weighted by Crippen LogP contribution is -2.33. The molecule has 0 spiro atoms. The minimum atomic E-state index is -0.752. The number of hydrogen-bond acceptors (Lipinski definition) is 5. The van der Waals surface area contributed by atoms with Crippen LogP contribution in [0.15, 0.2) is 12.2 Å². The van der Waals surface area contributed by atoms with E-state index in [0.29, 0.717) is 19.4 Å². The van der Waals surface area contributed by atoms with E-state index in [9.17, 15) is 15.3 Å². The lowest BCUT2D eigenvalue weighted by molar-refractivity contribution is -0.0672. The van der Waals surface area contributed by atoms with Gasteiger partial charge in [-0.05, 0) is 38.5 Å². The van der Waals surface area contributed by atoms with Gasteiger partial charge in [0.05, 0.1) is 24.4 Å². The number of aliphatic hydroxyl groups is 4. The van der Waals surface area contributed by atoms with Crippen molar-refractivity contribution >= 4 is 0 Å². The summed E-state index contributed by atoms with van der Waals surface area (Å²) >= 11 is 0. The van der Waals surface area contributed by atoms with E-state index in [1.54, 1.807) is 0 Å². The van der Waals surface area contributed by atoms with Gasteiger partial charge in [0.15, 0.2) is 0 Å². The van der Waals surface area contributed by atoms with Gasteiger partial charge in [-0.1, -0.05) is 70.9 Å². The summed E-state index contributed by atoms with van der Waals surface area (Å²) in [6, 6.07) is 0. The first kappa shape index (κ1) is 28.5. The minimum Gasteiger partial charge on any atom is -0.396 e. The summed E-state index contributed by atoms with van der Waals surface area (Å²) in [6.07, 6.45) is 14.9. The number of hydrogen-bond donors (Lipinski definition) is 4. The molecule has 0 radical (unpaired) electrons. The molecule has 0 bridgehead atoms. The third kappa shape index (κ3) is 18.1. The van der Waals surface area contributed by atoms with Gasteiger partial charge >= 0.3 is 0 Å². The highest BCUT2D eigenvalue weighted by Gasteiger charge is 2.22. The quantitative estimate of drug-likeness (QED) is 0.163. The summed E-state index contributed by atoms with van der Waals surface area (Å²) < 4.78 is 5.90. The summed E-state index contributed by atoms with van der Waals surface area (Å²) in [7, 11) is 0. The lowest BCUT2D eigenvalue weighted by Gasteiger charge is -2.25. The Morgan fingerprint density at radius 2 is 1.45 bits per heavy atom. The van der Waals surface area contributed by atoms with Gasteiger partial charge in [0.2, 0.25) is 0 Å². The Morgan fingerprint density at radius 3 is 2.10 bits per heavy atom. The van der Waals surface area contributed by atoms with Gasteiger partial charge in [0.1, 0.15) is 0 Å². The summed E-state index contributed by atoms with van der Waals surface area (Å²) in [4.78, 5) is 0. The fourth-order valence-corrected chi connectivity index (χ4v) is 3.39. The number of unbranched alkanes of at least 4 members (excludes halogenated alkanes) is 7. The van der Waals surface area contributed by atoms with E-state index in [0.717, 1.165) is 32.1 Å². The minimum absolute atomic E-state index is 0.0891. The Balaban J connectivity index is 4.18. The van der Waals surface area contributed by atoms with Crippen LogP contribution in [0.4, 0.5) is 0 Å². The molecular formula is C24H48O5. The first-order valence-corrected chi connectivity index (χ1v) is 12.0. The zero-order chi connectivity index (χ0) is 21.7. The molecule has 0 saturated heterocycles. The highest BCUT2D eigenvalue weighted by Crippen LogP contribution is 2.17. The van der Waals surface area contributed by atoms with Crippen LogP contribution in [0.25, 0.3) is 0 Å². The Hall–Kier alpha value is -0.460. The Bertz CT molecular complexity index is 361. The van der Waals surface area contributed by atoms with Crippen molar-refractivity contribution in [3.63, 3.8) is 0 Å². The molecule has 0 aromatic carbocycles.